The molecule has 13 heteroatoms. The monoisotopic (exact) mass is 751 g/mol. The number of rotatable bonds is 9. The topological polar surface area (TPSA) is 110 Å². The third kappa shape index (κ3) is 6.03. The molecular formula is C40H39ClFN5O5Si. The second kappa shape index (κ2) is 13.5. The fraction of sp³-hybridized carbons (Fsp3) is 0.300. The molecule has 0 radical (unpaired) electrons. The van der Waals surface area contributed by atoms with Crippen molar-refractivity contribution in [1.82, 2.24) is 15.0 Å². The van der Waals surface area contributed by atoms with Crippen molar-refractivity contribution in [3.63, 3.8) is 0 Å². The highest BCUT2D eigenvalue weighted by molar-refractivity contribution is 6.72. The van der Waals surface area contributed by atoms with Gasteiger partial charge in [0.05, 0.1) is 35.3 Å². The van der Waals surface area contributed by atoms with E-state index in [9.17, 15) is 14.7 Å². The van der Waals surface area contributed by atoms with Crippen LogP contribution < -0.4 is 14.5 Å². The second-order valence-corrected chi connectivity index (χ2v) is 18.7. The number of halogens is 2. The number of fused-ring (bicyclic) bond motifs is 4. The van der Waals surface area contributed by atoms with Gasteiger partial charge in [-0.25, -0.2) is 0 Å². The van der Waals surface area contributed by atoms with E-state index in [-0.39, 0.29) is 25.0 Å². The molecule has 4 aromatic carbocycles. The molecule has 10 nitrogen and oxygen atoms in total. The number of carbonyl (C=O) groups is 2. The Morgan fingerprint density at radius 2 is 1.70 bits per heavy atom. The molecule has 8 rings (SSSR count). The summed E-state index contributed by atoms with van der Waals surface area (Å²) in [4.78, 5) is 32.2. The molecule has 0 saturated carbocycles. The van der Waals surface area contributed by atoms with Gasteiger partial charge in [0.1, 0.15) is 5.75 Å². The van der Waals surface area contributed by atoms with E-state index >= 15 is 4.11 Å². The molecule has 1 spiro atoms. The van der Waals surface area contributed by atoms with E-state index in [4.69, 9.17) is 21.1 Å². The first-order chi connectivity index (χ1) is 25.5. The number of benzene rings is 4. The van der Waals surface area contributed by atoms with Crippen LogP contribution >= 0.6 is 11.6 Å². The van der Waals surface area contributed by atoms with Crippen molar-refractivity contribution in [2.75, 3.05) is 16.4 Å². The van der Waals surface area contributed by atoms with Crippen molar-refractivity contribution in [3.05, 3.63) is 125 Å². The molecule has 53 heavy (non-hydrogen) atoms. The first kappa shape index (κ1) is 35.2. The number of aromatic nitrogens is 3. The van der Waals surface area contributed by atoms with Crippen molar-refractivity contribution in [2.24, 2.45) is 5.92 Å². The maximum atomic E-state index is 16.3. The molecule has 0 bridgehead atoms. The Morgan fingerprint density at radius 1 is 0.962 bits per heavy atom. The van der Waals surface area contributed by atoms with Crippen LogP contribution in [0.15, 0.2) is 97.2 Å². The van der Waals surface area contributed by atoms with Crippen LogP contribution in [-0.2, 0) is 34.6 Å². The third-order valence-corrected chi connectivity index (χ3v) is 13.4. The number of anilines is 3. The van der Waals surface area contributed by atoms with E-state index in [0.29, 0.717) is 69.8 Å². The number of amides is 2. The summed E-state index contributed by atoms with van der Waals surface area (Å²) in [6.45, 7) is 5.88. The number of aliphatic hydroxyl groups is 1. The van der Waals surface area contributed by atoms with Crippen molar-refractivity contribution in [1.29, 1.82) is 0 Å². The van der Waals surface area contributed by atoms with Crippen LogP contribution in [0.1, 0.15) is 40.5 Å². The summed E-state index contributed by atoms with van der Waals surface area (Å²) >= 11 is 6.57. The van der Waals surface area contributed by atoms with Crippen molar-refractivity contribution in [2.45, 2.75) is 63.2 Å². The fourth-order valence-corrected chi connectivity index (χ4v) is 11.1. The molecule has 1 aromatic heterocycles. The van der Waals surface area contributed by atoms with Gasteiger partial charge in [-0.3, -0.25) is 19.2 Å². The highest BCUT2D eigenvalue weighted by Crippen LogP contribution is 2.60. The minimum atomic E-state index is -3.38. The minimum absolute atomic E-state index is 0.0317. The summed E-state index contributed by atoms with van der Waals surface area (Å²) in [5.41, 5.74) is 2.61. The maximum Gasteiger partial charge on any atom is 0.266 e. The zero-order chi connectivity index (χ0) is 37.1. The van der Waals surface area contributed by atoms with Crippen LogP contribution in [0.3, 0.4) is 0 Å². The number of ether oxygens (including phenoxy) is 2. The molecule has 3 aliphatic heterocycles. The van der Waals surface area contributed by atoms with Crippen LogP contribution in [0.4, 0.5) is 21.2 Å². The molecular weight excluding hydrogens is 713 g/mol. The summed E-state index contributed by atoms with van der Waals surface area (Å²) in [5, 5.41) is 18.0. The normalized spacial score (nSPS) is 22.1. The summed E-state index contributed by atoms with van der Waals surface area (Å²) < 4.78 is 31.0. The van der Waals surface area contributed by atoms with Crippen LogP contribution in [0.25, 0.3) is 0 Å². The average molecular weight is 752 g/mol. The smallest absolute Gasteiger partial charge is 0.266 e. The van der Waals surface area contributed by atoms with E-state index in [1.54, 1.807) is 58.0 Å². The van der Waals surface area contributed by atoms with Crippen LogP contribution in [-0.4, -0.2) is 53.0 Å². The average Bonchev–Trinajstić information content (AvgIpc) is 3.75. The van der Waals surface area contributed by atoms with Crippen molar-refractivity contribution in [3.8, 4) is 11.5 Å². The number of para-hydroxylation sites is 3. The van der Waals surface area contributed by atoms with Crippen molar-refractivity contribution >= 4 is 48.9 Å². The van der Waals surface area contributed by atoms with Crippen LogP contribution in [0.2, 0.25) is 23.7 Å². The third-order valence-electron chi connectivity index (χ3n) is 10.7. The summed E-state index contributed by atoms with van der Waals surface area (Å²) in [7, 11) is -3.38. The summed E-state index contributed by atoms with van der Waals surface area (Å²) in [5.74, 6) is 0.102. The molecule has 2 amide bonds. The van der Waals surface area contributed by atoms with E-state index in [1.807, 2.05) is 73.7 Å². The summed E-state index contributed by atoms with van der Waals surface area (Å²) in [6, 6.07) is 27.5. The van der Waals surface area contributed by atoms with Gasteiger partial charge in [0.2, 0.25) is 8.41 Å². The van der Waals surface area contributed by atoms with Gasteiger partial charge in [-0.05, 0) is 79.7 Å². The molecule has 1 saturated heterocycles. The van der Waals surface area contributed by atoms with E-state index in [2.05, 4.69) is 10.3 Å². The zero-order valence-electron chi connectivity index (χ0n) is 29.6. The lowest BCUT2D eigenvalue weighted by Crippen LogP contribution is -2.45. The lowest BCUT2D eigenvalue weighted by molar-refractivity contribution is -0.146. The van der Waals surface area contributed by atoms with Gasteiger partial charge in [0, 0.05) is 53.5 Å². The Kier molecular flexibility index (Phi) is 8.96. The Hall–Kier alpha value is -4.88. The van der Waals surface area contributed by atoms with Gasteiger partial charge in [0.15, 0.2) is 11.4 Å². The van der Waals surface area contributed by atoms with Gasteiger partial charge in [-0.2, -0.15) is 0 Å². The Balaban J connectivity index is 1.10. The van der Waals surface area contributed by atoms with Gasteiger partial charge >= 0.3 is 0 Å². The zero-order valence-corrected chi connectivity index (χ0v) is 31.3. The van der Waals surface area contributed by atoms with Crippen molar-refractivity contribution < 1.29 is 28.3 Å². The van der Waals surface area contributed by atoms with E-state index in [0.717, 1.165) is 5.56 Å². The Bertz CT molecular complexity index is 2210. The molecule has 5 aromatic rings. The first-order valence-corrected chi connectivity index (χ1v) is 21.1. The molecule has 0 aliphatic carbocycles. The lowest BCUT2D eigenvalue weighted by Gasteiger charge is -2.31. The second-order valence-electron chi connectivity index (χ2n) is 14.4. The number of aryl methyl sites for hydroxylation is 1. The number of carbonyl (C=O) groups excluding carboxylic acids is 2. The van der Waals surface area contributed by atoms with E-state index in [1.165, 1.54) is 0 Å². The summed E-state index contributed by atoms with van der Waals surface area (Å²) in [6.07, 6.45) is 2.04. The van der Waals surface area contributed by atoms with Gasteiger partial charge in [0.25, 0.3) is 11.8 Å². The van der Waals surface area contributed by atoms with Gasteiger partial charge in [-0.1, -0.05) is 60.1 Å². The number of nitrogens with zero attached hydrogens (tertiary/aromatic N) is 5. The largest absolute Gasteiger partial charge is 0.454 e. The van der Waals surface area contributed by atoms with Gasteiger partial charge < -0.3 is 23.6 Å². The SMILES string of the molecule is C[C@@H]1[C@@H]([Si](C)(C)F)[C@H](CCn2cc(CCO)nn2)O[C@@]12C(=O)N(Cc1ccc(N3C(=O)c4ccccc4Oc4ccccc43)cc1)c1ccc(Cl)cc12. The molecule has 1 fully saturated rings. The van der Waals surface area contributed by atoms with Gasteiger partial charge in [-0.15, -0.1) is 5.10 Å². The number of aliphatic hydroxyl groups excluding tert-OH is 1. The molecule has 272 valence electrons. The fourth-order valence-electron chi connectivity index (χ4n) is 8.38. The first-order valence-electron chi connectivity index (χ1n) is 17.8. The molecule has 4 atom stereocenters. The molecule has 0 unspecified atom stereocenters. The highest BCUT2D eigenvalue weighted by Gasteiger charge is 2.66. The predicted octanol–water partition coefficient (Wildman–Crippen LogP) is 7.96. The molecule has 1 N–H and O–H groups in total. The molecule has 3 aliphatic rings. The minimum Gasteiger partial charge on any atom is -0.454 e. The van der Waals surface area contributed by atoms with Crippen LogP contribution in [0, 0.1) is 5.92 Å². The number of hydrogen-bond acceptors (Lipinski definition) is 7. The number of hydrogen-bond donors (Lipinski definition) is 1. The van der Waals surface area contributed by atoms with Crippen LogP contribution in [0.5, 0.6) is 11.5 Å². The lowest BCUT2D eigenvalue weighted by atomic mass is 9.82. The Morgan fingerprint density at radius 3 is 2.45 bits per heavy atom. The predicted molar refractivity (Wildman–Crippen MR) is 202 cm³/mol. The Labute approximate surface area is 312 Å². The van der Waals surface area contributed by atoms with E-state index < -0.39 is 31.6 Å². The standard InChI is InChI=1S/C40H39ClFN5O5Si/c1-25-37(53(2,3)42)36(18-20-45-24-28(19-21-48)43-44-45)52-40(25)31-22-27(41)14-17-32(31)46(39(40)50)23-26-12-15-29(16-13-26)47-33-9-5-7-11-35(33)51-34-10-6-4-8-30(34)38(47)49/h4-17,22,24-25,36-37,48H,18-21,23H2,1-3H3/t25-,36+,37-,40+/m1/s1. The highest BCUT2D eigenvalue weighted by atomic mass is 35.5. The molecule has 4 heterocycles. The quantitative estimate of drug-likeness (QED) is 0.120. The maximum absolute atomic E-state index is 16.3.